The Hall–Kier alpha value is -4.81. The van der Waals surface area contributed by atoms with E-state index in [1.54, 1.807) is 18.1 Å². The molecule has 2 saturated heterocycles. The van der Waals surface area contributed by atoms with E-state index in [0.717, 1.165) is 73.4 Å². The molecule has 0 radical (unpaired) electrons. The maximum absolute atomic E-state index is 14.8. The highest BCUT2D eigenvalue weighted by Crippen LogP contribution is 2.47. The molecule has 0 bridgehead atoms. The van der Waals surface area contributed by atoms with E-state index in [9.17, 15) is 19.2 Å². The average Bonchev–Trinajstić information content (AvgIpc) is 3.68. The van der Waals surface area contributed by atoms with Gasteiger partial charge in [0.1, 0.15) is 18.0 Å². The summed E-state index contributed by atoms with van der Waals surface area (Å²) in [4.78, 5) is 67.5. The molecule has 12 heteroatoms. The summed E-state index contributed by atoms with van der Waals surface area (Å²) in [5.41, 5.74) is 3.39. The zero-order valence-corrected chi connectivity index (χ0v) is 34.5. The van der Waals surface area contributed by atoms with Gasteiger partial charge in [-0.25, -0.2) is 9.78 Å². The van der Waals surface area contributed by atoms with E-state index in [4.69, 9.17) is 4.74 Å². The van der Waals surface area contributed by atoms with E-state index in [1.165, 1.54) is 17.7 Å². The molecule has 2 N–H and O–H groups in total. The van der Waals surface area contributed by atoms with Gasteiger partial charge in [0, 0.05) is 49.5 Å². The topological polar surface area (TPSA) is 127 Å². The van der Waals surface area contributed by atoms with Gasteiger partial charge >= 0.3 is 6.09 Å². The Morgan fingerprint density at radius 1 is 0.947 bits per heavy atom. The number of ether oxygens (including phenoxy) is 1. The van der Waals surface area contributed by atoms with Gasteiger partial charge in [0.2, 0.25) is 17.7 Å². The Bertz CT molecular complexity index is 2000. The van der Waals surface area contributed by atoms with Crippen LogP contribution in [0.4, 0.5) is 16.3 Å². The molecule has 12 nitrogen and oxygen atoms in total. The zero-order chi connectivity index (χ0) is 40.5. The molecule has 1 spiro atoms. The van der Waals surface area contributed by atoms with Crippen LogP contribution >= 0.6 is 0 Å². The summed E-state index contributed by atoms with van der Waals surface area (Å²) in [6, 6.07) is 17.4. The van der Waals surface area contributed by atoms with Crippen molar-refractivity contribution in [2.45, 2.75) is 90.3 Å². The number of amides is 4. The van der Waals surface area contributed by atoms with Gasteiger partial charge < -0.3 is 35.0 Å². The van der Waals surface area contributed by atoms with Crippen molar-refractivity contribution in [2.24, 2.45) is 11.3 Å². The summed E-state index contributed by atoms with van der Waals surface area (Å²) in [5, 5.41) is 6.04. The summed E-state index contributed by atoms with van der Waals surface area (Å²) in [6.45, 7) is 13.0. The minimum Gasteiger partial charge on any atom is -0.444 e. The Morgan fingerprint density at radius 3 is 2.33 bits per heavy atom. The van der Waals surface area contributed by atoms with E-state index >= 15 is 0 Å². The highest BCUT2D eigenvalue weighted by Gasteiger charge is 2.51. The molecular weight excluding hydrogens is 719 g/mol. The molecular formula is C45H59N7O5. The molecule has 0 saturated carbocycles. The highest BCUT2D eigenvalue weighted by atomic mass is 16.6. The average molecular weight is 778 g/mol. The Labute approximate surface area is 337 Å². The molecule has 57 heavy (non-hydrogen) atoms. The van der Waals surface area contributed by atoms with Crippen molar-refractivity contribution >= 4 is 35.3 Å². The van der Waals surface area contributed by atoms with Crippen LogP contribution in [0.15, 0.2) is 60.8 Å². The number of nitrogens with zero attached hydrogens (tertiary/aromatic N) is 5. The zero-order valence-electron chi connectivity index (χ0n) is 34.5. The number of pyridine rings is 1. The van der Waals surface area contributed by atoms with Gasteiger partial charge in [-0.05, 0) is 139 Å². The Balaban J connectivity index is 1.07. The number of rotatable bonds is 10. The fraction of sp³-hybridized carbons (Fsp3) is 0.533. The first-order chi connectivity index (χ1) is 27.1. The minimum absolute atomic E-state index is 0.0395. The maximum Gasteiger partial charge on any atom is 0.410 e. The van der Waals surface area contributed by atoms with Gasteiger partial charge in [-0.15, -0.1) is 0 Å². The van der Waals surface area contributed by atoms with Crippen molar-refractivity contribution in [3.05, 3.63) is 88.6 Å². The van der Waals surface area contributed by atoms with Crippen molar-refractivity contribution in [3.8, 4) is 0 Å². The van der Waals surface area contributed by atoms with Crippen molar-refractivity contribution in [2.75, 3.05) is 64.0 Å². The number of benzene rings is 2. The van der Waals surface area contributed by atoms with E-state index in [0.29, 0.717) is 30.3 Å². The second kappa shape index (κ2) is 16.2. The smallest absolute Gasteiger partial charge is 0.410 e. The van der Waals surface area contributed by atoms with Crippen LogP contribution in [0.3, 0.4) is 0 Å². The summed E-state index contributed by atoms with van der Waals surface area (Å²) >= 11 is 0. The lowest BCUT2D eigenvalue weighted by molar-refractivity contribution is -0.146. The molecule has 304 valence electrons. The van der Waals surface area contributed by atoms with Gasteiger partial charge in [0.15, 0.2) is 0 Å². The number of aromatic nitrogens is 1. The van der Waals surface area contributed by atoms with Crippen LogP contribution in [0.25, 0.3) is 0 Å². The molecule has 4 aliphatic rings. The SMILES string of the molecule is CN1CCC(CN2CCC(C)(C(=O)N(CC(=O)Nc3ccc4c(c3)CC3(C4)C(=O)Nc4ncccc43)Cc3ccccc3CN(C)C(=O)OC(C)(C)C)CC2)CC1. The number of hydrogen-bond donors (Lipinski definition) is 2. The third-order valence-electron chi connectivity index (χ3n) is 12.5. The lowest BCUT2D eigenvalue weighted by atomic mass is 9.78. The van der Waals surface area contributed by atoms with Crippen LogP contribution in [0.5, 0.6) is 0 Å². The lowest BCUT2D eigenvalue weighted by Crippen LogP contribution is -2.51. The third-order valence-corrected chi connectivity index (χ3v) is 12.5. The maximum atomic E-state index is 14.8. The molecule has 3 aliphatic heterocycles. The molecule has 1 aromatic heterocycles. The van der Waals surface area contributed by atoms with Crippen molar-refractivity contribution < 1.29 is 23.9 Å². The number of fused-ring (bicyclic) bond motifs is 3. The second-order valence-corrected chi connectivity index (χ2v) is 18.2. The number of hydrogen-bond acceptors (Lipinski definition) is 8. The number of carbonyl (C=O) groups excluding carboxylic acids is 4. The first-order valence-corrected chi connectivity index (χ1v) is 20.5. The number of carbonyl (C=O) groups is 4. The van der Waals surface area contributed by atoms with Crippen LogP contribution in [0, 0.1) is 11.3 Å². The summed E-state index contributed by atoms with van der Waals surface area (Å²) in [6.07, 6.45) is 6.20. The highest BCUT2D eigenvalue weighted by molar-refractivity contribution is 6.06. The quantitative estimate of drug-likeness (QED) is 0.263. The predicted octanol–water partition coefficient (Wildman–Crippen LogP) is 5.85. The predicted molar refractivity (Wildman–Crippen MR) is 221 cm³/mol. The van der Waals surface area contributed by atoms with Gasteiger partial charge in [0.05, 0.1) is 5.41 Å². The number of anilines is 2. The van der Waals surface area contributed by atoms with Crippen LogP contribution in [-0.4, -0.2) is 107 Å². The van der Waals surface area contributed by atoms with E-state index < -0.39 is 22.5 Å². The van der Waals surface area contributed by atoms with Gasteiger partial charge in [0.25, 0.3) is 0 Å². The molecule has 1 aliphatic carbocycles. The molecule has 4 amide bonds. The molecule has 3 aromatic rings. The molecule has 2 fully saturated rings. The second-order valence-electron chi connectivity index (χ2n) is 18.2. The summed E-state index contributed by atoms with van der Waals surface area (Å²) < 4.78 is 5.61. The number of likely N-dealkylation sites (tertiary alicyclic amines) is 2. The molecule has 1 atom stereocenters. The normalized spacial score (nSPS) is 20.8. The molecule has 1 unspecified atom stereocenters. The number of piperidine rings is 2. The standard InChI is InChI=1S/C45H59N7O5/c1-43(2,3)57-42(56)50(6)28-33-10-7-8-11-34(33)29-52(41(55)44(4)17-22-51(23-18-44)27-31-15-20-49(5)21-16-31)30-38(53)47-36-14-13-32-25-45(26-35(32)24-36)37-12-9-19-46-39(37)48-40(45)54/h7-14,19,24,31H,15-18,20-23,25-30H2,1-6H3,(H,47,53)(H,46,48,54). The fourth-order valence-electron chi connectivity index (χ4n) is 9.08. The summed E-state index contributed by atoms with van der Waals surface area (Å²) in [7, 11) is 3.89. The van der Waals surface area contributed by atoms with Crippen LogP contribution in [0.2, 0.25) is 0 Å². The van der Waals surface area contributed by atoms with Crippen molar-refractivity contribution in [1.82, 2.24) is 24.6 Å². The number of nitrogens with one attached hydrogen (secondary N) is 2. The molecule has 2 aromatic carbocycles. The minimum atomic E-state index is -0.707. The van der Waals surface area contributed by atoms with Gasteiger partial charge in [-0.1, -0.05) is 43.3 Å². The van der Waals surface area contributed by atoms with Crippen molar-refractivity contribution in [3.63, 3.8) is 0 Å². The summed E-state index contributed by atoms with van der Waals surface area (Å²) in [5.74, 6) is 0.914. The van der Waals surface area contributed by atoms with Crippen LogP contribution in [0.1, 0.15) is 81.2 Å². The molecule has 7 rings (SSSR count). The monoisotopic (exact) mass is 777 g/mol. The lowest BCUT2D eigenvalue weighted by Gasteiger charge is -2.42. The Morgan fingerprint density at radius 2 is 1.63 bits per heavy atom. The van der Waals surface area contributed by atoms with E-state index in [-0.39, 0.29) is 37.4 Å². The van der Waals surface area contributed by atoms with E-state index in [2.05, 4.69) is 39.4 Å². The third kappa shape index (κ3) is 9.02. The Kier molecular flexibility index (Phi) is 11.5. The van der Waals surface area contributed by atoms with Crippen LogP contribution in [-0.2, 0) is 50.5 Å². The van der Waals surface area contributed by atoms with Crippen molar-refractivity contribution in [1.29, 1.82) is 0 Å². The van der Waals surface area contributed by atoms with Gasteiger partial charge in [-0.3, -0.25) is 14.4 Å². The van der Waals surface area contributed by atoms with Gasteiger partial charge in [-0.2, -0.15) is 0 Å². The fourth-order valence-corrected chi connectivity index (χ4v) is 9.08. The first-order valence-electron chi connectivity index (χ1n) is 20.5. The van der Waals surface area contributed by atoms with E-state index in [1.807, 2.05) is 75.4 Å². The van der Waals surface area contributed by atoms with Crippen LogP contribution < -0.4 is 10.6 Å². The molecule has 4 heterocycles. The first kappa shape index (κ1) is 40.4. The largest absolute Gasteiger partial charge is 0.444 e.